The first-order chi connectivity index (χ1) is 9.55. The predicted molar refractivity (Wildman–Crippen MR) is 80.3 cm³/mol. The fourth-order valence-electron chi connectivity index (χ4n) is 1.94. The molecule has 6 heteroatoms. The number of hydrogen-bond acceptors (Lipinski definition) is 6. The SMILES string of the molecule is COc1ccc(C)cc1Nc1nc(C)nc(NN)c1C. The number of anilines is 3. The molecule has 0 aliphatic rings. The number of nitrogens with two attached hydrogens (primary N) is 1. The molecule has 0 fully saturated rings. The Morgan fingerprint density at radius 1 is 1.10 bits per heavy atom. The van der Waals surface area contributed by atoms with Crippen molar-refractivity contribution in [2.75, 3.05) is 17.9 Å². The Morgan fingerprint density at radius 3 is 2.45 bits per heavy atom. The molecule has 0 spiro atoms. The first-order valence-corrected chi connectivity index (χ1v) is 6.28. The van der Waals surface area contributed by atoms with Crippen molar-refractivity contribution in [2.45, 2.75) is 20.8 Å². The summed E-state index contributed by atoms with van der Waals surface area (Å²) < 4.78 is 5.35. The van der Waals surface area contributed by atoms with Crippen molar-refractivity contribution >= 4 is 17.3 Å². The van der Waals surface area contributed by atoms with Crippen molar-refractivity contribution in [1.29, 1.82) is 0 Å². The van der Waals surface area contributed by atoms with E-state index in [-0.39, 0.29) is 0 Å². The van der Waals surface area contributed by atoms with Gasteiger partial charge in [0.1, 0.15) is 23.2 Å². The number of hydrogen-bond donors (Lipinski definition) is 3. The van der Waals surface area contributed by atoms with E-state index in [9.17, 15) is 0 Å². The standard InChI is InChI=1S/C14H19N5O/c1-8-5-6-12(20-4)11(7-8)18-13-9(2)14(19-15)17-10(3)16-13/h5-7H,15H2,1-4H3,(H2,16,17,18,19). The minimum atomic E-state index is 0.603. The van der Waals surface area contributed by atoms with Gasteiger partial charge in [-0.05, 0) is 38.5 Å². The Hall–Kier alpha value is -2.34. The topological polar surface area (TPSA) is 85.1 Å². The zero-order chi connectivity index (χ0) is 14.7. The average molecular weight is 273 g/mol. The van der Waals surface area contributed by atoms with Crippen LogP contribution in [0.15, 0.2) is 18.2 Å². The molecule has 0 radical (unpaired) electrons. The molecule has 0 amide bonds. The van der Waals surface area contributed by atoms with Crippen LogP contribution < -0.4 is 21.3 Å². The fourth-order valence-corrected chi connectivity index (χ4v) is 1.94. The highest BCUT2D eigenvalue weighted by Gasteiger charge is 2.11. The minimum Gasteiger partial charge on any atom is -0.495 e. The highest BCUT2D eigenvalue weighted by molar-refractivity contribution is 5.69. The van der Waals surface area contributed by atoms with Crippen molar-refractivity contribution in [3.63, 3.8) is 0 Å². The van der Waals surface area contributed by atoms with Gasteiger partial charge in [-0.15, -0.1) is 0 Å². The second kappa shape index (κ2) is 5.75. The molecular weight excluding hydrogens is 254 g/mol. The molecule has 0 aliphatic carbocycles. The number of benzene rings is 1. The molecule has 0 saturated heterocycles. The van der Waals surface area contributed by atoms with Crippen LogP contribution in [-0.2, 0) is 0 Å². The molecule has 1 aromatic carbocycles. The van der Waals surface area contributed by atoms with E-state index in [1.54, 1.807) is 7.11 Å². The lowest BCUT2D eigenvalue weighted by Gasteiger charge is -2.15. The van der Waals surface area contributed by atoms with Crippen LogP contribution in [0.3, 0.4) is 0 Å². The Bertz CT molecular complexity index is 627. The van der Waals surface area contributed by atoms with Gasteiger partial charge in [0.25, 0.3) is 0 Å². The third-order valence-electron chi connectivity index (χ3n) is 3.00. The Balaban J connectivity index is 2.44. The van der Waals surface area contributed by atoms with Crippen molar-refractivity contribution in [3.05, 3.63) is 35.2 Å². The van der Waals surface area contributed by atoms with Crippen LogP contribution in [0, 0.1) is 20.8 Å². The number of nitrogens with zero attached hydrogens (tertiary/aromatic N) is 2. The quantitative estimate of drug-likeness (QED) is 0.586. The molecule has 2 aromatic rings. The molecule has 6 nitrogen and oxygen atoms in total. The van der Waals surface area contributed by atoms with Gasteiger partial charge in [-0.3, -0.25) is 0 Å². The number of hydrazine groups is 1. The average Bonchev–Trinajstić information content (AvgIpc) is 2.42. The summed E-state index contributed by atoms with van der Waals surface area (Å²) in [6.45, 7) is 5.74. The van der Waals surface area contributed by atoms with Crippen LogP contribution in [0.1, 0.15) is 17.0 Å². The van der Waals surface area contributed by atoms with Gasteiger partial charge in [0.2, 0.25) is 0 Å². The summed E-state index contributed by atoms with van der Waals surface area (Å²) in [4.78, 5) is 8.64. The van der Waals surface area contributed by atoms with Gasteiger partial charge < -0.3 is 15.5 Å². The third kappa shape index (κ3) is 2.80. The summed E-state index contributed by atoms with van der Waals surface area (Å²) >= 11 is 0. The number of methoxy groups -OCH3 is 1. The van der Waals surface area contributed by atoms with E-state index in [0.717, 1.165) is 22.6 Å². The highest BCUT2D eigenvalue weighted by atomic mass is 16.5. The van der Waals surface area contributed by atoms with E-state index in [2.05, 4.69) is 20.7 Å². The lowest BCUT2D eigenvalue weighted by atomic mass is 10.2. The lowest BCUT2D eigenvalue weighted by Crippen LogP contribution is -2.13. The van der Waals surface area contributed by atoms with Crippen LogP contribution in [0.25, 0.3) is 0 Å². The van der Waals surface area contributed by atoms with Crippen molar-refractivity contribution in [3.8, 4) is 5.75 Å². The van der Waals surface area contributed by atoms with Crippen molar-refractivity contribution in [1.82, 2.24) is 9.97 Å². The third-order valence-corrected chi connectivity index (χ3v) is 3.00. The number of nitrogens with one attached hydrogen (secondary N) is 2. The zero-order valence-electron chi connectivity index (χ0n) is 12.1. The summed E-state index contributed by atoms with van der Waals surface area (Å²) in [5.74, 6) is 8.17. The Kier molecular flexibility index (Phi) is 4.05. The van der Waals surface area contributed by atoms with Gasteiger partial charge in [0, 0.05) is 5.56 Å². The maximum atomic E-state index is 5.47. The molecular formula is C14H19N5O. The molecule has 20 heavy (non-hydrogen) atoms. The summed E-state index contributed by atoms with van der Waals surface area (Å²) in [7, 11) is 1.64. The van der Waals surface area contributed by atoms with Gasteiger partial charge in [0.15, 0.2) is 0 Å². The van der Waals surface area contributed by atoms with Gasteiger partial charge in [-0.25, -0.2) is 15.8 Å². The summed E-state index contributed by atoms with van der Waals surface area (Å²) in [5.41, 5.74) is 5.42. The normalized spacial score (nSPS) is 10.2. The van der Waals surface area contributed by atoms with E-state index in [4.69, 9.17) is 10.6 Å². The van der Waals surface area contributed by atoms with E-state index in [0.29, 0.717) is 17.5 Å². The number of aryl methyl sites for hydroxylation is 2. The largest absolute Gasteiger partial charge is 0.495 e. The molecule has 0 atom stereocenters. The number of rotatable bonds is 4. The highest BCUT2D eigenvalue weighted by Crippen LogP contribution is 2.30. The second-order valence-corrected chi connectivity index (χ2v) is 4.57. The minimum absolute atomic E-state index is 0.603. The first kappa shape index (κ1) is 14.1. The Morgan fingerprint density at radius 2 is 1.80 bits per heavy atom. The summed E-state index contributed by atoms with van der Waals surface area (Å²) in [6.07, 6.45) is 0. The molecule has 0 saturated carbocycles. The van der Waals surface area contributed by atoms with Gasteiger partial charge in [-0.1, -0.05) is 6.07 Å². The van der Waals surface area contributed by atoms with Gasteiger partial charge in [0.05, 0.1) is 12.8 Å². The summed E-state index contributed by atoms with van der Waals surface area (Å²) in [6, 6.07) is 5.92. The van der Waals surface area contributed by atoms with Crippen LogP contribution in [0.4, 0.5) is 17.3 Å². The molecule has 1 aromatic heterocycles. The zero-order valence-corrected chi connectivity index (χ0v) is 12.1. The lowest BCUT2D eigenvalue weighted by molar-refractivity contribution is 0.416. The fraction of sp³-hybridized carbons (Fsp3) is 0.286. The van der Waals surface area contributed by atoms with Crippen LogP contribution in [0.2, 0.25) is 0 Å². The molecule has 2 rings (SSSR count). The molecule has 106 valence electrons. The van der Waals surface area contributed by atoms with Crippen LogP contribution in [-0.4, -0.2) is 17.1 Å². The van der Waals surface area contributed by atoms with E-state index < -0.39 is 0 Å². The van der Waals surface area contributed by atoms with Crippen LogP contribution in [0.5, 0.6) is 5.75 Å². The molecule has 0 bridgehead atoms. The second-order valence-electron chi connectivity index (χ2n) is 4.57. The van der Waals surface area contributed by atoms with E-state index >= 15 is 0 Å². The maximum Gasteiger partial charge on any atom is 0.148 e. The predicted octanol–water partition coefficient (Wildman–Crippen LogP) is 2.44. The summed E-state index contributed by atoms with van der Waals surface area (Å²) in [5, 5.41) is 3.28. The molecule has 0 aliphatic heterocycles. The molecule has 0 unspecified atom stereocenters. The van der Waals surface area contributed by atoms with Crippen LogP contribution >= 0.6 is 0 Å². The number of ether oxygens (including phenoxy) is 1. The van der Waals surface area contributed by atoms with E-state index in [1.165, 1.54) is 0 Å². The monoisotopic (exact) mass is 273 g/mol. The first-order valence-electron chi connectivity index (χ1n) is 6.28. The molecule has 4 N–H and O–H groups in total. The maximum absolute atomic E-state index is 5.47. The van der Waals surface area contributed by atoms with E-state index in [1.807, 2.05) is 39.0 Å². The molecule has 1 heterocycles. The van der Waals surface area contributed by atoms with Gasteiger partial charge >= 0.3 is 0 Å². The van der Waals surface area contributed by atoms with Gasteiger partial charge in [-0.2, -0.15) is 0 Å². The van der Waals surface area contributed by atoms with Crippen molar-refractivity contribution < 1.29 is 4.74 Å². The smallest absolute Gasteiger partial charge is 0.148 e. The Labute approximate surface area is 118 Å². The number of aromatic nitrogens is 2. The number of nitrogen functional groups attached to an aromatic ring is 1. The van der Waals surface area contributed by atoms with Crippen molar-refractivity contribution in [2.24, 2.45) is 5.84 Å².